The maximum Gasteiger partial charge on any atom is 0.287 e. The summed E-state index contributed by atoms with van der Waals surface area (Å²) < 4.78 is 7.18. The second-order valence-electron chi connectivity index (χ2n) is 7.52. The van der Waals surface area contributed by atoms with Crippen LogP contribution in [0.2, 0.25) is 0 Å². The Kier molecular flexibility index (Phi) is 5.46. The van der Waals surface area contributed by atoms with Crippen LogP contribution < -0.4 is 10.2 Å². The van der Waals surface area contributed by atoms with Crippen LogP contribution in [0.3, 0.4) is 0 Å². The highest BCUT2D eigenvalue weighted by atomic mass is 16.5. The van der Waals surface area contributed by atoms with Crippen molar-refractivity contribution in [2.45, 2.75) is 6.42 Å². The van der Waals surface area contributed by atoms with Gasteiger partial charge >= 0.3 is 0 Å². The molecule has 11 heteroatoms. The number of nitrogens with one attached hydrogen (secondary N) is 2. The predicted molar refractivity (Wildman–Crippen MR) is 117 cm³/mol. The molecule has 0 aliphatic carbocycles. The number of H-pyrrole nitrogens is 1. The maximum atomic E-state index is 12.7. The van der Waals surface area contributed by atoms with Crippen LogP contribution in [0.15, 0.2) is 36.9 Å². The lowest BCUT2D eigenvalue weighted by atomic mass is 10.2. The van der Waals surface area contributed by atoms with Gasteiger partial charge in [0.1, 0.15) is 0 Å². The molecule has 0 spiro atoms. The van der Waals surface area contributed by atoms with Crippen LogP contribution in [-0.4, -0.2) is 73.5 Å². The van der Waals surface area contributed by atoms with Crippen molar-refractivity contribution in [2.24, 2.45) is 7.05 Å². The van der Waals surface area contributed by atoms with Gasteiger partial charge < -0.3 is 19.9 Å². The van der Waals surface area contributed by atoms with Crippen LogP contribution in [0.25, 0.3) is 22.6 Å². The molecule has 164 valence electrons. The summed E-state index contributed by atoms with van der Waals surface area (Å²) in [7, 11) is 1.84. The van der Waals surface area contributed by atoms with Crippen LogP contribution in [0.1, 0.15) is 16.2 Å². The maximum absolute atomic E-state index is 12.7. The Hall–Kier alpha value is -3.86. The van der Waals surface area contributed by atoms with Gasteiger partial charge in [-0.15, -0.1) is 0 Å². The second kappa shape index (κ2) is 8.71. The highest BCUT2D eigenvalue weighted by molar-refractivity contribution is 5.96. The van der Waals surface area contributed by atoms with Gasteiger partial charge in [-0.05, 0) is 18.1 Å². The van der Waals surface area contributed by atoms with Gasteiger partial charge in [-0.3, -0.25) is 14.5 Å². The average molecular weight is 433 g/mol. The summed E-state index contributed by atoms with van der Waals surface area (Å²) in [6.45, 7) is 3.08. The average Bonchev–Trinajstić information content (AvgIpc) is 3.46. The number of aromatic amines is 1. The molecule has 2 N–H and O–H groups in total. The number of anilines is 1. The summed E-state index contributed by atoms with van der Waals surface area (Å²) in [5, 5.41) is 7.12. The van der Waals surface area contributed by atoms with Gasteiger partial charge in [-0.2, -0.15) is 5.10 Å². The number of amides is 1. The fourth-order valence-corrected chi connectivity index (χ4v) is 3.60. The minimum absolute atomic E-state index is 0.207. The lowest BCUT2D eigenvalue weighted by molar-refractivity contribution is 0.0945. The molecule has 1 saturated heterocycles. The van der Waals surface area contributed by atoms with Crippen LogP contribution in [0, 0.1) is 0 Å². The van der Waals surface area contributed by atoms with E-state index in [9.17, 15) is 4.79 Å². The van der Waals surface area contributed by atoms with Crippen molar-refractivity contribution in [3.63, 3.8) is 0 Å². The summed E-state index contributed by atoms with van der Waals surface area (Å²) in [5.41, 5.74) is 2.93. The van der Waals surface area contributed by atoms with Crippen LogP contribution in [0.5, 0.6) is 0 Å². The van der Waals surface area contributed by atoms with E-state index in [1.807, 2.05) is 25.4 Å². The summed E-state index contributed by atoms with van der Waals surface area (Å²) in [6, 6.07) is 3.85. The third-order valence-electron chi connectivity index (χ3n) is 5.24. The first kappa shape index (κ1) is 20.1. The molecule has 4 aromatic rings. The Morgan fingerprint density at radius 2 is 2.09 bits per heavy atom. The number of pyridine rings is 1. The molecule has 1 aliphatic heterocycles. The SMILES string of the molecule is Cn1cc(-c2nc(N3CCOCC3)c3nc(C(=O)NCCc4cccnc4)[nH]c3n2)cn1. The van der Waals surface area contributed by atoms with Gasteiger partial charge in [0.25, 0.3) is 5.91 Å². The molecule has 0 atom stereocenters. The molecule has 0 bridgehead atoms. The number of nitrogens with zero attached hydrogens (tertiary/aromatic N) is 7. The first-order chi connectivity index (χ1) is 15.7. The fourth-order valence-electron chi connectivity index (χ4n) is 3.60. The Balaban J connectivity index is 1.43. The van der Waals surface area contributed by atoms with Crippen molar-refractivity contribution < 1.29 is 9.53 Å². The summed E-state index contributed by atoms with van der Waals surface area (Å²) >= 11 is 0. The Labute approximate surface area is 183 Å². The van der Waals surface area contributed by atoms with Crippen LogP contribution >= 0.6 is 0 Å². The fraction of sp³-hybridized carbons (Fsp3) is 0.333. The van der Waals surface area contributed by atoms with Gasteiger partial charge in [-0.1, -0.05) is 6.07 Å². The topological polar surface area (TPSA) is 127 Å². The van der Waals surface area contributed by atoms with Crippen LogP contribution in [0.4, 0.5) is 5.82 Å². The normalized spacial score (nSPS) is 14.1. The first-order valence-corrected chi connectivity index (χ1v) is 10.4. The van der Waals surface area contributed by atoms with E-state index in [1.165, 1.54) is 0 Å². The summed E-state index contributed by atoms with van der Waals surface area (Å²) in [6.07, 6.45) is 7.77. The smallest absolute Gasteiger partial charge is 0.287 e. The zero-order valence-corrected chi connectivity index (χ0v) is 17.7. The number of aryl methyl sites for hydroxylation is 1. The molecular weight excluding hydrogens is 410 g/mol. The van der Waals surface area contributed by atoms with E-state index in [0.717, 1.165) is 11.1 Å². The molecule has 1 fully saturated rings. The standard InChI is InChI=1S/C21H23N9O2/c1-29-13-15(12-24-29)17-26-18-16(20(28-17)30-7-9-32-10-8-30)25-19(27-18)21(31)23-6-4-14-3-2-5-22-11-14/h2-3,5,11-13H,4,6-10H2,1H3,(H,23,31)(H,25,26,27,28). The highest BCUT2D eigenvalue weighted by Crippen LogP contribution is 2.26. The molecule has 5 heterocycles. The van der Waals surface area contributed by atoms with Crippen molar-refractivity contribution in [2.75, 3.05) is 37.7 Å². The minimum atomic E-state index is -0.289. The number of ether oxygens (including phenoxy) is 1. The molecule has 0 unspecified atom stereocenters. The highest BCUT2D eigenvalue weighted by Gasteiger charge is 2.22. The number of hydrogen-bond donors (Lipinski definition) is 2. The molecule has 4 aromatic heterocycles. The van der Waals surface area contributed by atoms with Gasteiger partial charge in [0.2, 0.25) is 0 Å². The number of imidazole rings is 1. The van der Waals surface area contributed by atoms with Crippen LogP contribution in [-0.2, 0) is 18.2 Å². The van der Waals surface area contributed by atoms with Crippen molar-refractivity contribution in [1.29, 1.82) is 0 Å². The van der Waals surface area contributed by atoms with E-state index >= 15 is 0 Å². The molecule has 1 amide bonds. The molecule has 32 heavy (non-hydrogen) atoms. The number of aromatic nitrogens is 7. The number of hydrogen-bond acceptors (Lipinski definition) is 8. The minimum Gasteiger partial charge on any atom is -0.378 e. The number of carbonyl (C=O) groups excluding carboxylic acids is 1. The summed E-state index contributed by atoms with van der Waals surface area (Å²) in [5.74, 6) is 1.13. The lowest BCUT2D eigenvalue weighted by Gasteiger charge is -2.27. The molecule has 0 saturated carbocycles. The lowest BCUT2D eigenvalue weighted by Crippen LogP contribution is -2.37. The predicted octanol–water partition coefficient (Wildman–Crippen LogP) is 0.957. The zero-order chi connectivity index (χ0) is 21.9. The molecule has 0 aromatic carbocycles. The molecule has 5 rings (SSSR count). The molecular formula is C21H23N9O2. The quantitative estimate of drug-likeness (QED) is 0.460. The second-order valence-corrected chi connectivity index (χ2v) is 7.52. The monoisotopic (exact) mass is 433 g/mol. The van der Waals surface area contributed by atoms with Crippen molar-refractivity contribution in [3.8, 4) is 11.4 Å². The van der Waals surface area contributed by atoms with Crippen molar-refractivity contribution in [3.05, 3.63) is 48.3 Å². The van der Waals surface area contributed by atoms with Gasteiger partial charge in [0, 0.05) is 45.3 Å². The van der Waals surface area contributed by atoms with Crippen molar-refractivity contribution in [1.82, 2.24) is 40.0 Å². The number of carbonyl (C=O) groups is 1. The van der Waals surface area contributed by atoms with E-state index in [2.05, 4.69) is 35.3 Å². The van der Waals surface area contributed by atoms with E-state index in [4.69, 9.17) is 9.72 Å². The van der Waals surface area contributed by atoms with E-state index in [1.54, 1.807) is 23.3 Å². The number of rotatable bonds is 6. The van der Waals surface area contributed by atoms with E-state index < -0.39 is 0 Å². The zero-order valence-electron chi connectivity index (χ0n) is 17.7. The number of morpholine rings is 1. The molecule has 0 radical (unpaired) electrons. The first-order valence-electron chi connectivity index (χ1n) is 10.4. The summed E-state index contributed by atoms with van der Waals surface area (Å²) in [4.78, 5) is 35.9. The van der Waals surface area contributed by atoms with Gasteiger partial charge in [-0.25, -0.2) is 15.0 Å². The Bertz CT molecular complexity index is 1230. The van der Waals surface area contributed by atoms with Gasteiger partial charge in [0.15, 0.2) is 28.6 Å². The largest absolute Gasteiger partial charge is 0.378 e. The Morgan fingerprint density at radius 3 is 2.84 bits per heavy atom. The number of fused-ring (bicyclic) bond motifs is 1. The van der Waals surface area contributed by atoms with E-state index in [-0.39, 0.29) is 11.7 Å². The molecule has 1 aliphatic rings. The van der Waals surface area contributed by atoms with E-state index in [0.29, 0.717) is 62.1 Å². The Morgan fingerprint density at radius 1 is 1.22 bits per heavy atom. The van der Waals surface area contributed by atoms with Gasteiger partial charge in [0.05, 0.1) is 25.0 Å². The third kappa shape index (κ3) is 4.14. The van der Waals surface area contributed by atoms with Crippen molar-refractivity contribution >= 4 is 22.9 Å². The molecule has 11 nitrogen and oxygen atoms in total. The third-order valence-corrected chi connectivity index (χ3v) is 5.24.